The van der Waals surface area contributed by atoms with Crippen LogP contribution in [-0.2, 0) is 0 Å². The Morgan fingerprint density at radius 1 is 1.22 bits per heavy atom. The first-order valence-electron chi connectivity index (χ1n) is 6.05. The SMILES string of the molecule is CC(c1ccc(F)cc1)N1CCN(C(=O)O)CC1. The van der Waals surface area contributed by atoms with Crippen LogP contribution in [0.25, 0.3) is 0 Å². The molecule has 5 heteroatoms. The van der Waals surface area contributed by atoms with Gasteiger partial charge in [0.1, 0.15) is 5.82 Å². The number of halogens is 1. The Kier molecular flexibility index (Phi) is 3.81. The van der Waals surface area contributed by atoms with E-state index in [1.54, 1.807) is 12.1 Å². The third-order valence-corrected chi connectivity index (χ3v) is 3.48. The molecular weight excluding hydrogens is 235 g/mol. The van der Waals surface area contributed by atoms with Crippen LogP contribution in [0.4, 0.5) is 9.18 Å². The molecule has 1 aliphatic heterocycles. The van der Waals surface area contributed by atoms with Crippen LogP contribution in [0.15, 0.2) is 24.3 Å². The van der Waals surface area contributed by atoms with E-state index in [4.69, 9.17) is 5.11 Å². The molecule has 1 fully saturated rings. The van der Waals surface area contributed by atoms with Gasteiger partial charge in [-0.05, 0) is 24.6 Å². The molecule has 1 aromatic carbocycles. The fourth-order valence-corrected chi connectivity index (χ4v) is 2.25. The summed E-state index contributed by atoms with van der Waals surface area (Å²) in [6.07, 6.45) is -0.857. The first-order valence-corrected chi connectivity index (χ1v) is 6.05. The standard InChI is InChI=1S/C13H17FN2O2/c1-10(11-2-4-12(14)5-3-11)15-6-8-16(9-7-15)13(17)18/h2-5,10H,6-9H2,1H3,(H,17,18). The Balaban J connectivity index is 1.97. The second-order valence-electron chi connectivity index (χ2n) is 4.53. The molecule has 0 saturated carbocycles. The summed E-state index contributed by atoms with van der Waals surface area (Å²) in [5, 5.41) is 8.88. The van der Waals surface area contributed by atoms with Crippen LogP contribution in [0.1, 0.15) is 18.5 Å². The summed E-state index contributed by atoms with van der Waals surface area (Å²) in [4.78, 5) is 14.4. The van der Waals surface area contributed by atoms with E-state index in [9.17, 15) is 9.18 Å². The molecular formula is C13H17FN2O2. The summed E-state index contributed by atoms with van der Waals surface area (Å²) in [6, 6.07) is 6.66. The van der Waals surface area contributed by atoms with Crippen molar-refractivity contribution in [3.63, 3.8) is 0 Å². The largest absolute Gasteiger partial charge is 0.465 e. The summed E-state index contributed by atoms with van der Waals surface area (Å²) in [7, 11) is 0. The van der Waals surface area contributed by atoms with Gasteiger partial charge in [-0.3, -0.25) is 4.90 Å². The fraction of sp³-hybridized carbons (Fsp3) is 0.462. The van der Waals surface area contributed by atoms with Gasteiger partial charge in [-0.2, -0.15) is 0 Å². The second-order valence-corrected chi connectivity index (χ2v) is 4.53. The van der Waals surface area contributed by atoms with Crippen LogP contribution >= 0.6 is 0 Å². The molecule has 1 saturated heterocycles. The van der Waals surface area contributed by atoms with Gasteiger partial charge in [-0.15, -0.1) is 0 Å². The zero-order chi connectivity index (χ0) is 13.1. The van der Waals surface area contributed by atoms with E-state index in [0.29, 0.717) is 26.2 Å². The van der Waals surface area contributed by atoms with Gasteiger partial charge < -0.3 is 10.0 Å². The number of nitrogens with zero attached hydrogens (tertiary/aromatic N) is 2. The number of hydrogen-bond donors (Lipinski definition) is 1. The number of benzene rings is 1. The quantitative estimate of drug-likeness (QED) is 0.877. The van der Waals surface area contributed by atoms with Gasteiger partial charge in [0.05, 0.1) is 0 Å². The topological polar surface area (TPSA) is 43.8 Å². The van der Waals surface area contributed by atoms with Crippen molar-refractivity contribution >= 4 is 6.09 Å². The van der Waals surface area contributed by atoms with Gasteiger partial charge in [-0.1, -0.05) is 12.1 Å². The van der Waals surface area contributed by atoms with Crippen LogP contribution in [-0.4, -0.2) is 47.2 Å². The average Bonchev–Trinajstić information content (AvgIpc) is 2.39. The predicted octanol–water partition coefficient (Wildman–Crippen LogP) is 2.18. The molecule has 1 heterocycles. The first kappa shape index (κ1) is 12.8. The van der Waals surface area contributed by atoms with E-state index in [1.807, 2.05) is 0 Å². The zero-order valence-corrected chi connectivity index (χ0v) is 10.3. The third kappa shape index (κ3) is 2.79. The van der Waals surface area contributed by atoms with Gasteiger partial charge in [0.15, 0.2) is 0 Å². The van der Waals surface area contributed by atoms with Gasteiger partial charge in [0.2, 0.25) is 0 Å². The molecule has 0 radical (unpaired) electrons. The number of carbonyl (C=O) groups is 1. The summed E-state index contributed by atoms with van der Waals surface area (Å²) >= 11 is 0. The van der Waals surface area contributed by atoms with E-state index >= 15 is 0 Å². The Bertz CT molecular complexity index is 414. The molecule has 0 spiro atoms. The van der Waals surface area contributed by atoms with Gasteiger partial charge in [0, 0.05) is 32.2 Å². The summed E-state index contributed by atoms with van der Waals surface area (Å²) in [5.41, 5.74) is 1.06. The molecule has 1 amide bonds. The van der Waals surface area contributed by atoms with Crippen LogP contribution in [0.5, 0.6) is 0 Å². The molecule has 1 unspecified atom stereocenters. The summed E-state index contributed by atoms with van der Waals surface area (Å²) in [5.74, 6) is -0.235. The molecule has 18 heavy (non-hydrogen) atoms. The minimum Gasteiger partial charge on any atom is -0.465 e. The van der Waals surface area contributed by atoms with Crippen LogP contribution in [0.2, 0.25) is 0 Å². The molecule has 0 bridgehead atoms. The number of piperazine rings is 1. The lowest BCUT2D eigenvalue weighted by atomic mass is 10.1. The second kappa shape index (κ2) is 5.35. The van der Waals surface area contributed by atoms with Crippen LogP contribution in [0.3, 0.4) is 0 Å². The fourth-order valence-electron chi connectivity index (χ4n) is 2.25. The monoisotopic (exact) mass is 252 g/mol. The lowest BCUT2D eigenvalue weighted by Crippen LogP contribution is -2.48. The number of carboxylic acid groups (broad SMARTS) is 1. The Labute approximate surface area is 106 Å². The van der Waals surface area contributed by atoms with Crippen LogP contribution in [0, 0.1) is 5.82 Å². The molecule has 0 aliphatic carbocycles. The number of hydrogen-bond acceptors (Lipinski definition) is 2. The van der Waals surface area contributed by atoms with Gasteiger partial charge in [0.25, 0.3) is 0 Å². The lowest BCUT2D eigenvalue weighted by Gasteiger charge is -2.37. The molecule has 1 aliphatic rings. The summed E-state index contributed by atoms with van der Waals surface area (Å²) < 4.78 is 12.8. The van der Waals surface area contributed by atoms with E-state index < -0.39 is 6.09 Å². The highest BCUT2D eigenvalue weighted by molar-refractivity contribution is 5.65. The number of amides is 1. The molecule has 1 atom stereocenters. The van der Waals surface area contributed by atoms with Crippen molar-refractivity contribution < 1.29 is 14.3 Å². The first-order chi connectivity index (χ1) is 8.58. The van der Waals surface area contributed by atoms with Crippen molar-refractivity contribution in [1.82, 2.24) is 9.80 Å². The normalized spacial score (nSPS) is 18.7. The molecule has 1 N–H and O–H groups in total. The maximum Gasteiger partial charge on any atom is 0.407 e. The third-order valence-electron chi connectivity index (χ3n) is 3.48. The molecule has 0 aromatic heterocycles. The summed E-state index contributed by atoms with van der Waals surface area (Å²) in [6.45, 7) is 4.54. The smallest absolute Gasteiger partial charge is 0.407 e. The predicted molar refractivity (Wildman–Crippen MR) is 66.0 cm³/mol. The van der Waals surface area contributed by atoms with E-state index in [1.165, 1.54) is 17.0 Å². The Morgan fingerprint density at radius 3 is 2.28 bits per heavy atom. The molecule has 2 rings (SSSR count). The average molecular weight is 252 g/mol. The van der Waals surface area contributed by atoms with E-state index in [0.717, 1.165) is 5.56 Å². The van der Waals surface area contributed by atoms with Crippen LogP contribution < -0.4 is 0 Å². The lowest BCUT2D eigenvalue weighted by molar-refractivity contribution is 0.0889. The van der Waals surface area contributed by atoms with Crippen molar-refractivity contribution in [2.75, 3.05) is 26.2 Å². The van der Waals surface area contributed by atoms with Crippen molar-refractivity contribution in [2.24, 2.45) is 0 Å². The molecule has 1 aromatic rings. The minimum absolute atomic E-state index is 0.182. The highest BCUT2D eigenvalue weighted by Gasteiger charge is 2.24. The Hall–Kier alpha value is -1.62. The van der Waals surface area contributed by atoms with E-state index in [2.05, 4.69) is 11.8 Å². The van der Waals surface area contributed by atoms with Crippen molar-refractivity contribution in [3.8, 4) is 0 Å². The number of rotatable bonds is 2. The minimum atomic E-state index is -0.857. The molecule has 98 valence electrons. The van der Waals surface area contributed by atoms with Gasteiger partial charge in [-0.25, -0.2) is 9.18 Å². The van der Waals surface area contributed by atoms with Crippen molar-refractivity contribution in [2.45, 2.75) is 13.0 Å². The van der Waals surface area contributed by atoms with E-state index in [-0.39, 0.29) is 11.9 Å². The Morgan fingerprint density at radius 2 is 1.78 bits per heavy atom. The van der Waals surface area contributed by atoms with Crippen molar-refractivity contribution in [3.05, 3.63) is 35.6 Å². The highest BCUT2D eigenvalue weighted by atomic mass is 19.1. The maximum atomic E-state index is 12.8. The van der Waals surface area contributed by atoms with Crippen molar-refractivity contribution in [1.29, 1.82) is 0 Å². The maximum absolute atomic E-state index is 12.8. The van der Waals surface area contributed by atoms with Gasteiger partial charge >= 0.3 is 6.09 Å². The zero-order valence-electron chi connectivity index (χ0n) is 10.3. The molecule has 4 nitrogen and oxygen atoms in total. The highest BCUT2D eigenvalue weighted by Crippen LogP contribution is 2.21.